The molecular formula is C32H37F6N5O4. The maximum atomic E-state index is 14.6. The fourth-order valence-electron chi connectivity index (χ4n) is 4.55. The van der Waals surface area contributed by atoms with Crippen molar-refractivity contribution in [2.24, 2.45) is 0 Å². The van der Waals surface area contributed by atoms with Crippen LogP contribution in [0, 0.1) is 0 Å². The summed E-state index contributed by atoms with van der Waals surface area (Å²) in [4.78, 5) is 35.0. The Morgan fingerprint density at radius 3 is 2.19 bits per heavy atom. The summed E-state index contributed by atoms with van der Waals surface area (Å²) in [6.45, 7) is 6.80. The predicted molar refractivity (Wildman–Crippen MR) is 163 cm³/mol. The van der Waals surface area contributed by atoms with Crippen molar-refractivity contribution in [3.8, 4) is 0 Å². The van der Waals surface area contributed by atoms with Gasteiger partial charge in [-0.1, -0.05) is 19.1 Å². The Balaban J connectivity index is 1.92. The quantitative estimate of drug-likeness (QED) is 0.190. The third-order valence-electron chi connectivity index (χ3n) is 6.75. The number of pyridine rings is 2. The highest BCUT2D eigenvalue weighted by atomic mass is 19.4. The van der Waals surface area contributed by atoms with Crippen LogP contribution >= 0.6 is 0 Å². The molecule has 2 heterocycles. The third-order valence-corrected chi connectivity index (χ3v) is 6.75. The molecule has 47 heavy (non-hydrogen) atoms. The molecule has 0 fully saturated rings. The minimum atomic E-state index is -6.00. The van der Waals surface area contributed by atoms with E-state index in [1.807, 2.05) is 0 Å². The van der Waals surface area contributed by atoms with Crippen molar-refractivity contribution in [1.29, 1.82) is 0 Å². The van der Waals surface area contributed by atoms with Crippen LogP contribution in [0.3, 0.4) is 0 Å². The van der Waals surface area contributed by atoms with E-state index in [2.05, 4.69) is 20.6 Å². The zero-order chi connectivity index (χ0) is 35.0. The van der Waals surface area contributed by atoms with Gasteiger partial charge in [0.2, 0.25) is 0 Å². The van der Waals surface area contributed by atoms with Crippen molar-refractivity contribution in [1.82, 2.24) is 14.9 Å². The molecule has 256 valence electrons. The summed E-state index contributed by atoms with van der Waals surface area (Å²) in [5.74, 6) is -0.698. The first-order valence-electron chi connectivity index (χ1n) is 14.7. The van der Waals surface area contributed by atoms with Gasteiger partial charge in [-0.25, -0.2) is 9.78 Å². The van der Waals surface area contributed by atoms with Gasteiger partial charge in [0, 0.05) is 42.9 Å². The molecule has 2 amide bonds. The number of hydrogen-bond donors (Lipinski definition) is 2. The Bertz CT molecular complexity index is 1480. The number of carbonyl (C=O) groups is 2. The van der Waals surface area contributed by atoms with E-state index in [9.17, 15) is 35.9 Å². The molecule has 0 radical (unpaired) electrons. The van der Waals surface area contributed by atoms with Crippen LogP contribution in [0.4, 0.5) is 42.6 Å². The van der Waals surface area contributed by atoms with Gasteiger partial charge in [-0.15, -0.1) is 0 Å². The smallest absolute Gasteiger partial charge is 0.430 e. The number of nitrogens with one attached hydrogen (secondary N) is 2. The lowest BCUT2D eigenvalue weighted by molar-refractivity contribution is -0.390. The molecule has 0 aliphatic carbocycles. The van der Waals surface area contributed by atoms with Crippen LogP contribution in [0.1, 0.15) is 62.5 Å². The Morgan fingerprint density at radius 2 is 1.60 bits per heavy atom. The Hall–Kier alpha value is -4.40. The van der Waals surface area contributed by atoms with Crippen molar-refractivity contribution in [3.63, 3.8) is 0 Å². The number of rotatable bonds is 12. The molecule has 9 nitrogen and oxygen atoms in total. The summed E-state index contributed by atoms with van der Waals surface area (Å²) in [6, 6.07) is 8.34. The normalized spacial score (nSPS) is 13.1. The molecule has 0 saturated carbocycles. The van der Waals surface area contributed by atoms with Crippen LogP contribution in [-0.2, 0) is 21.6 Å². The first-order chi connectivity index (χ1) is 21.9. The number of halogens is 6. The second kappa shape index (κ2) is 15.0. The maximum Gasteiger partial charge on any atom is 0.430 e. The molecule has 0 spiro atoms. The van der Waals surface area contributed by atoms with Gasteiger partial charge in [-0.05, 0) is 76.1 Å². The SMILES string of the molecule is CCCN(C(=O)OC(C)(C)C)[C@@H](C)COC(c1cccc(NC(=O)c2cccnc2NCc2ccncc2)c1)(C(F)(F)F)C(F)(F)F. The zero-order valence-electron chi connectivity index (χ0n) is 26.5. The van der Waals surface area contributed by atoms with E-state index in [1.54, 1.807) is 52.2 Å². The second-order valence-electron chi connectivity index (χ2n) is 11.7. The largest absolute Gasteiger partial charge is 0.444 e. The van der Waals surface area contributed by atoms with Gasteiger partial charge in [0.1, 0.15) is 11.4 Å². The molecule has 3 rings (SSSR count). The van der Waals surface area contributed by atoms with Crippen LogP contribution in [0.5, 0.6) is 0 Å². The van der Waals surface area contributed by atoms with Gasteiger partial charge in [-0.3, -0.25) is 9.78 Å². The highest BCUT2D eigenvalue weighted by Crippen LogP contribution is 2.53. The molecule has 0 saturated heterocycles. The number of anilines is 2. The lowest BCUT2D eigenvalue weighted by Gasteiger charge is -2.39. The molecule has 0 aliphatic rings. The van der Waals surface area contributed by atoms with Gasteiger partial charge in [0.15, 0.2) is 0 Å². The minimum absolute atomic E-state index is 0.000261. The number of amides is 2. The molecule has 3 aromatic rings. The number of benzene rings is 1. The van der Waals surface area contributed by atoms with Gasteiger partial charge in [-0.2, -0.15) is 26.3 Å². The van der Waals surface area contributed by atoms with Crippen LogP contribution in [-0.4, -0.2) is 64.0 Å². The standard InChI is InChI=1S/C32H37F6N5O4/c1-6-17-43(28(45)47-29(3,4)5)21(2)20-46-30(31(33,34)35,32(36,37)38)23-9-7-10-24(18-23)42-27(44)25-11-8-14-40-26(25)41-19-22-12-15-39-16-13-22/h7-16,18,21H,6,17,19-20H2,1-5H3,(H,40,41)(H,42,44)/t21-/m0/s1. The molecule has 1 aromatic carbocycles. The highest BCUT2D eigenvalue weighted by Gasteiger charge is 2.73. The Morgan fingerprint density at radius 1 is 0.936 bits per heavy atom. The zero-order valence-corrected chi connectivity index (χ0v) is 26.5. The number of nitrogens with zero attached hydrogens (tertiary/aromatic N) is 3. The van der Waals surface area contributed by atoms with Crippen molar-refractivity contribution in [2.75, 3.05) is 23.8 Å². The summed E-state index contributed by atoms with van der Waals surface area (Å²) < 4.78 is 97.8. The van der Waals surface area contributed by atoms with Crippen molar-refractivity contribution in [2.45, 2.75) is 77.2 Å². The van der Waals surface area contributed by atoms with E-state index in [4.69, 9.17) is 9.47 Å². The lowest BCUT2D eigenvalue weighted by Crippen LogP contribution is -2.57. The van der Waals surface area contributed by atoms with Crippen LogP contribution in [0.15, 0.2) is 67.1 Å². The predicted octanol–water partition coefficient (Wildman–Crippen LogP) is 7.71. The first-order valence-corrected chi connectivity index (χ1v) is 14.7. The molecular weight excluding hydrogens is 632 g/mol. The van der Waals surface area contributed by atoms with Crippen molar-refractivity contribution >= 4 is 23.5 Å². The summed E-state index contributed by atoms with van der Waals surface area (Å²) in [5.41, 5.74) is -6.61. The van der Waals surface area contributed by atoms with Gasteiger partial charge in [0.25, 0.3) is 11.5 Å². The van der Waals surface area contributed by atoms with Gasteiger partial charge >= 0.3 is 18.4 Å². The fourth-order valence-corrected chi connectivity index (χ4v) is 4.55. The average Bonchev–Trinajstić information content (AvgIpc) is 2.97. The van der Waals surface area contributed by atoms with E-state index in [0.29, 0.717) is 18.6 Å². The molecule has 15 heteroatoms. The molecule has 2 aromatic heterocycles. The van der Waals surface area contributed by atoms with E-state index in [-0.39, 0.29) is 30.2 Å². The summed E-state index contributed by atoms with van der Waals surface area (Å²) in [7, 11) is 0. The molecule has 0 aliphatic heterocycles. The Kier molecular flexibility index (Phi) is 11.8. The van der Waals surface area contributed by atoms with E-state index in [0.717, 1.165) is 22.6 Å². The highest BCUT2D eigenvalue weighted by molar-refractivity contribution is 6.07. The summed E-state index contributed by atoms with van der Waals surface area (Å²) in [5, 5.41) is 5.34. The van der Waals surface area contributed by atoms with E-state index >= 15 is 0 Å². The third kappa shape index (κ3) is 9.33. The summed E-state index contributed by atoms with van der Waals surface area (Å²) in [6.07, 6.45) is -7.99. The summed E-state index contributed by atoms with van der Waals surface area (Å²) >= 11 is 0. The lowest BCUT2D eigenvalue weighted by atomic mass is 9.91. The topological polar surface area (TPSA) is 106 Å². The van der Waals surface area contributed by atoms with Crippen LogP contribution in [0.2, 0.25) is 0 Å². The number of aromatic nitrogens is 2. The monoisotopic (exact) mass is 669 g/mol. The van der Waals surface area contributed by atoms with Crippen LogP contribution < -0.4 is 10.6 Å². The Labute approximate surface area is 268 Å². The number of hydrogen-bond acceptors (Lipinski definition) is 7. The average molecular weight is 670 g/mol. The number of alkyl halides is 6. The fraction of sp³-hybridized carbons (Fsp3) is 0.438. The van der Waals surface area contributed by atoms with Crippen LogP contribution in [0.25, 0.3) is 0 Å². The first kappa shape index (κ1) is 37.1. The van der Waals surface area contributed by atoms with Gasteiger partial charge < -0.3 is 25.0 Å². The molecule has 2 N–H and O–H groups in total. The molecule has 0 bridgehead atoms. The van der Waals surface area contributed by atoms with Gasteiger partial charge in [0.05, 0.1) is 18.2 Å². The van der Waals surface area contributed by atoms with E-state index < -0.39 is 53.8 Å². The maximum absolute atomic E-state index is 14.6. The minimum Gasteiger partial charge on any atom is -0.444 e. The molecule has 1 atom stereocenters. The second-order valence-corrected chi connectivity index (χ2v) is 11.7. The number of ether oxygens (including phenoxy) is 2. The van der Waals surface area contributed by atoms with E-state index in [1.165, 1.54) is 25.3 Å². The molecule has 0 unspecified atom stereocenters. The van der Waals surface area contributed by atoms with Crippen molar-refractivity contribution < 1.29 is 45.4 Å². The number of carbonyl (C=O) groups excluding carboxylic acids is 2. The van der Waals surface area contributed by atoms with Crippen molar-refractivity contribution in [3.05, 3.63) is 83.8 Å².